The molecule has 2 rings (SSSR count). The van der Waals surface area contributed by atoms with Gasteiger partial charge in [0.1, 0.15) is 5.69 Å². The van der Waals surface area contributed by atoms with E-state index >= 15 is 0 Å². The van der Waals surface area contributed by atoms with E-state index in [1.54, 1.807) is 30.5 Å². The average molecular weight is 332 g/mol. The van der Waals surface area contributed by atoms with Crippen molar-refractivity contribution in [3.63, 3.8) is 0 Å². The van der Waals surface area contributed by atoms with Crippen molar-refractivity contribution in [2.45, 2.75) is 0 Å². The molecule has 0 saturated carbocycles. The van der Waals surface area contributed by atoms with Crippen molar-refractivity contribution in [2.24, 2.45) is 0 Å². The van der Waals surface area contributed by atoms with Crippen LogP contribution in [0.2, 0.25) is 0 Å². The van der Waals surface area contributed by atoms with Crippen LogP contribution in [0, 0.1) is 10.1 Å². The van der Waals surface area contributed by atoms with Crippen LogP contribution in [-0.4, -0.2) is 41.5 Å². The standard InChI is InChI=1S/C15H16N4O5/c20-14(10-24-15(21)13-2-1-7-17-13)18-9-8-16-11-3-5-12(6-4-11)19(22)23/h1-7,16-17H,8-10H2,(H,18,20). The Labute approximate surface area is 137 Å². The fraction of sp³-hybridized carbons (Fsp3) is 0.200. The van der Waals surface area contributed by atoms with Crippen molar-refractivity contribution < 1.29 is 19.2 Å². The highest BCUT2D eigenvalue weighted by atomic mass is 16.6. The number of nitrogens with one attached hydrogen (secondary N) is 3. The van der Waals surface area contributed by atoms with Crippen LogP contribution in [0.3, 0.4) is 0 Å². The lowest BCUT2D eigenvalue weighted by Crippen LogP contribution is -2.32. The number of rotatable bonds is 8. The van der Waals surface area contributed by atoms with Crippen molar-refractivity contribution in [3.8, 4) is 0 Å². The number of esters is 1. The first kappa shape index (κ1) is 17.0. The smallest absolute Gasteiger partial charge is 0.355 e. The molecule has 1 aromatic carbocycles. The molecule has 0 spiro atoms. The molecule has 0 unspecified atom stereocenters. The lowest BCUT2D eigenvalue weighted by Gasteiger charge is -2.08. The van der Waals surface area contributed by atoms with Crippen LogP contribution in [0.5, 0.6) is 0 Å². The number of hydrogen-bond acceptors (Lipinski definition) is 6. The van der Waals surface area contributed by atoms with Gasteiger partial charge in [-0.3, -0.25) is 14.9 Å². The summed E-state index contributed by atoms with van der Waals surface area (Å²) in [5.41, 5.74) is 0.994. The fourth-order valence-electron chi connectivity index (χ4n) is 1.83. The maximum atomic E-state index is 11.5. The van der Waals surface area contributed by atoms with Gasteiger partial charge in [-0.05, 0) is 24.3 Å². The van der Waals surface area contributed by atoms with Crippen LogP contribution in [0.1, 0.15) is 10.5 Å². The number of aromatic nitrogens is 1. The summed E-state index contributed by atoms with van der Waals surface area (Å²) < 4.78 is 4.83. The van der Waals surface area contributed by atoms with Gasteiger partial charge in [0.05, 0.1) is 4.92 Å². The number of benzene rings is 1. The number of amides is 1. The fourth-order valence-corrected chi connectivity index (χ4v) is 1.83. The lowest BCUT2D eigenvalue weighted by atomic mass is 10.3. The van der Waals surface area contributed by atoms with Crippen molar-refractivity contribution in [2.75, 3.05) is 25.0 Å². The molecule has 9 nitrogen and oxygen atoms in total. The third kappa shape index (κ3) is 5.13. The van der Waals surface area contributed by atoms with Gasteiger partial charge in [0.2, 0.25) is 0 Å². The summed E-state index contributed by atoms with van der Waals surface area (Å²) in [7, 11) is 0. The van der Waals surface area contributed by atoms with Gasteiger partial charge in [0, 0.05) is 37.1 Å². The molecule has 9 heteroatoms. The SMILES string of the molecule is O=C(COC(=O)c1ccc[nH]1)NCCNc1ccc([N+](=O)[O-])cc1. The minimum atomic E-state index is -0.598. The highest BCUT2D eigenvalue weighted by Crippen LogP contribution is 2.14. The van der Waals surface area contributed by atoms with Crippen LogP contribution in [-0.2, 0) is 9.53 Å². The number of hydrogen-bond donors (Lipinski definition) is 3. The Morgan fingerprint density at radius 1 is 1.17 bits per heavy atom. The number of carbonyl (C=O) groups is 2. The molecular weight excluding hydrogens is 316 g/mol. The quantitative estimate of drug-likeness (QED) is 0.289. The molecule has 24 heavy (non-hydrogen) atoms. The number of nitro groups is 1. The Bertz CT molecular complexity index is 697. The largest absolute Gasteiger partial charge is 0.451 e. The van der Waals surface area contributed by atoms with Crippen LogP contribution < -0.4 is 10.6 Å². The van der Waals surface area contributed by atoms with Crippen molar-refractivity contribution in [1.29, 1.82) is 0 Å². The second kappa shape index (κ2) is 8.32. The summed E-state index contributed by atoms with van der Waals surface area (Å²) in [6, 6.07) is 9.15. The van der Waals surface area contributed by atoms with Gasteiger partial charge in [0.25, 0.3) is 11.6 Å². The minimum absolute atomic E-state index is 0.0118. The van der Waals surface area contributed by atoms with Crippen LogP contribution in [0.25, 0.3) is 0 Å². The molecule has 0 bridgehead atoms. The summed E-state index contributed by atoms with van der Waals surface area (Å²) in [5.74, 6) is -1.01. The van der Waals surface area contributed by atoms with Gasteiger partial charge in [-0.15, -0.1) is 0 Å². The summed E-state index contributed by atoms with van der Waals surface area (Å²) in [6.07, 6.45) is 1.58. The predicted octanol–water partition coefficient (Wildman–Crippen LogP) is 1.31. The van der Waals surface area contributed by atoms with Gasteiger partial charge < -0.3 is 20.4 Å². The number of carbonyl (C=O) groups excluding carboxylic acids is 2. The molecule has 0 aliphatic rings. The zero-order chi connectivity index (χ0) is 17.4. The number of nitrogens with zero attached hydrogens (tertiary/aromatic N) is 1. The average Bonchev–Trinajstić information content (AvgIpc) is 3.11. The first-order valence-electron chi connectivity index (χ1n) is 7.12. The minimum Gasteiger partial charge on any atom is -0.451 e. The first-order chi connectivity index (χ1) is 11.6. The van der Waals surface area contributed by atoms with Gasteiger partial charge in [-0.1, -0.05) is 0 Å². The summed E-state index contributed by atoms with van der Waals surface area (Å²) in [5, 5.41) is 16.1. The van der Waals surface area contributed by atoms with E-state index in [9.17, 15) is 19.7 Å². The second-order valence-electron chi connectivity index (χ2n) is 4.74. The van der Waals surface area contributed by atoms with E-state index < -0.39 is 16.8 Å². The summed E-state index contributed by atoms with van der Waals surface area (Å²) in [6.45, 7) is 0.374. The molecule has 0 atom stereocenters. The predicted molar refractivity (Wildman–Crippen MR) is 85.7 cm³/mol. The third-order valence-electron chi connectivity index (χ3n) is 3.01. The summed E-state index contributed by atoms with van der Waals surface area (Å²) in [4.78, 5) is 35.8. The van der Waals surface area contributed by atoms with Gasteiger partial charge in [0.15, 0.2) is 6.61 Å². The van der Waals surface area contributed by atoms with Crippen molar-refractivity contribution >= 4 is 23.3 Å². The molecule has 0 radical (unpaired) electrons. The highest BCUT2D eigenvalue weighted by Gasteiger charge is 2.10. The number of aromatic amines is 1. The van der Waals surface area contributed by atoms with E-state index in [0.29, 0.717) is 18.8 Å². The molecule has 126 valence electrons. The monoisotopic (exact) mass is 332 g/mol. The van der Waals surface area contributed by atoms with Gasteiger partial charge in [-0.25, -0.2) is 4.79 Å². The van der Waals surface area contributed by atoms with E-state index in [2.05, 4.69) is 15.6 Å². The molecule has 0 aliphatic heterocycles. The van der Waals surface area contributed by atoms with Gasteiger partial charge in [-0.2, -0.15) is 0 Å². The lowest BCUT2D eigenvalue weighted by molar-refractivity contribution is -0.384. The van der Waals surface area contributed by atoms with Crippen molar-refractivity contribution in [3.05, 3.63) is 58.4 Å². The molecule has 1 heterocycles. The third-order valence-corrected chi connectivity index (χ3v) is 3.01. The molecule has 2 aromatic rings. The summed E-state index contributed by atoms with van der Waals surface area (Å²) >= 11 is 0. The van der Waals surface area contributed by atoms with Crippen LogP contribution >= 0.6 is 0 Å². The number of anilines is 1. The Hall–Kier alpha value is -3.36. The molecule has 0 fully saturated rings. The Morgan fingerprint density at radius 3 is 2.54 bits per heavy atom. The number of H-pyrrole nitrogens is 1. The Balaban J connectivity index is 1.62. The molecular formula is C15H16N4O5. The maximum absolute atomic E-state index is 11.5. The Kier molecular flexibility index (Phi) is 5.89. The normalized spacial score (nSPS) is 10.0. The zero-order valence-electron chi connectivity index (χ0n) is 12.7. The van der Waals surface area contributed by atoms with Gasteiger partial charge >= 0.3 is 5.97 Å². The van der Waals surface area contributed by atoms with E-state index in [4.69, 9.17) is 4.74 Å². The molecule has 0 aliphatic carbocycles. The highest BCUT2D eigenvalue weighted by molar-refractivity contribution is 5.89. The van der Waals surface area contributed by atoms with E-state index in [1.165, 1.54) is 12.1 Å². The number of non-ortho nitro benzene ring substituents is 1. The van der Waals surface area contributed by atoms with E-state index in [0.717, 1.165) is 0 Å². The molecule has 3 N–H and O–H groups in total. The van der Waals surface area contributed by atoms with E-state index in [1.807, 2.05) is 0 Å². The van der Waals surface area contributed by atoms with Crippen LogP contribution in [0.15, 0.2) is 42.6 Å². The Morgan fingerprint density at radius 2 is 1.92 bits per heavy atom. The molecule has 1 amide bonds. The first-order valence-corrected chi connectivity index (χ1v) is 7.12. The van der Waals surface area contributed by atoms with Crippen LogP contribution in [0.4, 0.5) is 11.4 Å². The van der Waals surface area contributed by atoms with E-state index in [-0.39, 0.29) is 18.0 Å². The second-order valence-corrected chi connectivity index (χ2v) is 4.74. The molecule has 1 aromatic heterocycles. The van der Waals surface area contributed by atoms with Crippen molar-refractivity contribution in [1.82, 2.24) is 10.3 Å². The molecule has 0 saturated heterocycles. The number of ether oxygens (including phenoxy) is 1. The maximum Gasteiger partial charge on any atom is 0.355 e. The topological polar surface area (TPSA) is 126 Å². The number of nitro benzene ring substituents is 1. The zero-order valence-corrected chi connectivity index (χ0v) is 12.7.